The zero-order valence-corrected chi connectivity index (χ0v) is 13.9. The van der Waals surface area contributed by atoms with Gasteiger partial charge in [-0.05, 0) is 0 Å². The van der Waals surface area contributed by atoms with Gasteiger partial charge in [0.25, 0.3) is 0 Å². The van der Waals surface area contributed by atoms with Gasteiger partial charge in [0.15, 0.2) is 0 Å². The van der Waals surface area contributed by atoms with Crippen molar-refractivity contribution in [1.29, 1.82) is 0 Å². The molecule has 0 aliphatic rings. The van der Waals surface area contributed by atoms with Crippen molar-refractivity contribution in [2.24, 2.45) is 0 Å². The molecule has 0 heterocycles. The summed E-state index contributed by atoms with van der Waals surface area (Å²) < 4.78 is 0. The molecule has 0 saturated carbocycles. The zero-order valence-electron chi connectivity index (χ0n) is 3.60. The third-order valence-electron chi connectivity index (χ3n) is 0. The van der Waals surface area contributed by atoms with Crippen LogP contribution in [0.5, 0.6) is 0 Å². The minimum Gasteiger partial charge on any atom is 0 e. The molecule has 59 valence electrons. The predicted molar refractivity (Wildman–Crippen MR) is 52.0 cm³/mol. The van der Waals surface area contributed by atoms with Crippen LogP contribution in [0.1, 0.15) is 0 Å². The Morgan fingerprint density at radius 1 is 0.375 bits per heavy atom. The van der Waals surface area contributed by atoms with Crippen molar-refractivity contribution < 1.29 is 18.6 Å². The molecule has 0 saturated heterocycles. The van der Waals surface area contributed by atoms with Crippen LogP contribution in [0.2, 0.25) is 0 Å². The summed E-state index contributed by atoms with van der Waals surface area (Å²) in [4.78, 5) is 0. The molecule has 8 heavy (non-hydrogen) atoms. The fraction of sp³-hybridized carbons (Fsp3) is 0. The molecule has 0 unspecified atom stereocenters. The number of hydrogen-bond donors (Lipinski definition) is 0. The van der Waals surface area contributed by atoms with Crippen LogP contribution >= 0.6 is 74.4 Å². The molecule has 0 aliphatic carbocycles. The zero-order chi connectivity index (χ0) is 0. The van der Waals surface area contributed by atoms with Crippen molar-refractivity contribution in [3.05, 3.63) is 0 Å². The Kier molecular flexibility index (Phi) is 1260. The van der Waals surface area contributed by atoms with Crippen molar-refractivity contribution in [3.63, 3.8) is 0 Å². The quantitative estimate of drug-likeness (QED) is 0.552. The molecule has 0 nitrogen and oxygen atoms in total. The first-order valence-corrected chi connectivity index (χ1v) is 0. The van der Waals surface area contributed by atoms with Gasteiger partial charge in [-0.2, -0.15) is 0 Å². The van der Waals surface area contributed by atoms with E-state index in [1.807, 2.05) is 0 Å². The third-order valence-corrected chi connectivity index (χ3v) is 0. The van der Waals surface area contributed by atoms with Crippen LogP contribution in [0.4, 0.5) is 0 Å². The topological polar surface area (TPSA) is 0 Å². The summed E-state index contributed by atoms with van der Waals surface area (Å²) in [5.41, 5.74) is 0. The van der Waals surface area contributed by atoms with Crippen molar-refractivity contribution in [1.82, 2.24) is 0 Å². The normalized spacial score (nSPS) is 0. The van der Waals surface area contributed by atoms with E-state index >= 15 is 0 Å². The molecule has 0 bridgehead atoms. The van der Waals surface area contributed by atoms with E-state index in [4.69, 9.17) is 0 Å². The molecule has 0 N–H and O–H groups in total. The van der Waals surface area contributed by atoms with E-state index in [9.17, 15) is 0 Å². The summed E-state index contributed by atoms with van der Waals surface area (Å²) >= 11 is 0. The van der Waals surface area contributed by atoms with Crippen molar-refractivity contribution in [3.8, 4) is 0 Å². The molecule has 0 aromatic rings. The Balaban J connectivity index is 0. The maximum Gasteiger partial charge on any atom is 0 e. The van der Waals surface area contributed by atoms with Crippen molar-refractivity contribution in [2.45, 2.75) is 0 Å². The Bertz CT molecular complexity index is 8.49. The summed E-state index contributed by atoms with van der Waals surface area (Å²) in [5, 5.41) is 0. The van der Waals surface area contributed by atoms with Gasteiger partial charge in [0.1, 0.15) is 0 Å². The molecule has 0 aromatic carbocycles. The molecular weight excluding hydrogens is 382 g/mol. The van der Waals surface area contributed by atoms with E-state index in [-0.39, 0.29) is 117 Å². The second kappa shape index (κ2) is 86.4. The maximum atomic E-state index is 0. The number of hydrogen-bond acceptors (Lipinski definition) is 0. The van der Waals surface area contributed by atoms with E-state index in [2.05, 4.69) is 0 Å². The van der Waals surface area contributed by atoms with Crippen LogP contribution in [0.25, 0.3) is 0 Å². The average molecular weight is 390 g/mol. The first-order valence-electron chi connectivity index (χ1n) is 0. The fourth-order valence-corrected chi connectivity index (χ4v) is 0. The molecule has 0 aliphatic heterocycles. The second-order valence-corrected chi connectivity index (χ2v) is 0. The third kappa shape index (κ3) is 61.7. The van der Waals surface area contributed by atoms with Gasteiger partial charge in [0, 0.05) is 18.6 Å². The van der Waals surface area contributed by atoms with Crippen LogP contribution in [-0.2, 0) is 18.6 Å². The van der Waals surface area contributed by atoms with E-state index in [1.54, 1.807) is 0 Å². The summed E-state index contributed by atoms with van der Waals surface area (Å²) in [6, 6.07) is 0. The fourth-order valence-electron chi connectivity index (χ4n) is 0. The number of halogens is 6. The molecule has 0 atom stereocenters. The average Bonchev–Trinajstić information content (AvgIpc) is 0. The van der Waals surface area contributed by atoms with Crippen LogP contribution < -0.4 is 0 Å². The van der Waals surface area contributed by atoms with Crippen molar-refractivity contribution >= 4 is 98.3 Å². The second-order valence-electron chi connectivity index (χ2n) is 0. The first-order chi connectivity index (χ1) is 0. The Morgan fingerprint density at radius 3 is 0.375 bits per heavy atom. The minimum atomic E-state index is 0. The van der Waals surface area contributed by atoms with Gasteiger partial charge in [-0.3, -0.25) is 0 Å². The van der Waals surface area contributed by atoms with Gasteiger partial charge >= 0.3 is 23.9 Å². The van der Waals surface area contributed by atoms with Gasteiger partial charge < -0.3 is 0 Å². The van der Waals surface area contributed by atoms with Crippen molar-refractivity contribution in [2.75, 3.05) is 0 Å². The van der Waals surface area contributed by atoms with Gasteiger partial charge in [-0.15, -0.1) is 74.4 Å². The van der Waals surface area contributed by atoms with Crippen LogP contribution in [0.3, 0.4) is 0 Å². The summed E-state index contributed by atoms with van der Waals surface area (Å²) in [5.74, 6) is 0. The van der Waals surface area contributed by atoms with E-state index in [0.717, 1.165) is 0 Å². The molecule has 3 radical (unpaired) electrons. The standard InChI is InChI=1S/6ClH.Sn.V.2H/h6*1H;;;;. The summed E-state index contributed by atoms with van der Waals surface area (Å²) in [6.45, 7) is 0. The Hall–Kier alpha value is 3.12. The van der Waals surface area contributed by atoms with Gasteiger partial charge in [-0.25, -0.2) is 0 Å². The summed E-state index contributed by atoms with van der Waals surface area (Å²) in [7, 11) is 0. The van der Waals surface area contributed by atoms with Crippen LogP contribution in [0, 0.1) is 0 Å². The smallest absolute Gasteiger partial charge is 0 e. The van der Waals surface area contributed by atoms with Crippen LogP contribution in [0.15, 0.2) is 0 Å². The molecule has 0 spiro atoms. The molecule has 0 fully saturated rings. The summed E-state index contributed by atoms with van der Waals surface area (Å²) in [6.07, 6.45) is 0. The largest absolute Gasteiger partial charge is 0 e. The number of rotatable bonds is 0. The molecule has 0 rings (SSSR count). The van der Waals surface area contributed by atoms with Gasteiger partial charge in [0.05, 0.1) is 0 Å². The molecule has 0 aromatic heterocycles. The molecule has 8 heteroatoms. The van der Waals surface area contributed by atoms with E-state index in [0.29, 0.717) is 0 Å². The SMILES string of the molecule is Cl.Cl.Cl.Cl.Cl.Cl.[SnH2].[V]. The predicted octanol–water partition coefficient (Wildman–Crippen LogP) is 1.61. The van der Waals surface area contributed by atoms with Gasteiger partial charge in [0.2, 0.25) is 0 Å². The Labute approximate surface area is 115 Å². The Morgan fingerprint density at radius 2 is 0.375 bits per heavy atom. The minimum absolute atomic E-state index is 0. The molecular formula is H8Cl6SnV. The van der Waals surface area contributed by atoms with Crippen LogP contribution in [-0.4, -0.2) is 23.9 Å². The molecule has 0 amide bonds. The van der Waals surface area contributed by atoms with E-state index in [1.165, 1.54) is 0 Å². The first kappa shape index (κ1) is 117. The van der Waals surface area contributed by atoms with E-state index < -0.39 is 0 Å². The maximum absolute atomic E-state index is 0. The monoisotopic (exact) mass is 389 g/mol. The van der Waals surface area contributed by atoms with Gasteiger partial charge in [-0.1, -0.05) is 0 Å².